The van der Waals surface area contributed by atoms with Gasteiger partial charge < -0.3 is 5.32 Å². The van der Waals surface area contributed by atoms with E-state index >= 15 is 0 Å². The van der Waals surface area contributed by atoms with E-state index in [0.717, 1.165) is 34.0 Å². The maximum Gasteiger partial charge on any atom is 0.234 e. The Kier molecular flexibility index (Phi) is 4.97. The van der Waals surface area contributed by atoms with Crippen LogP contribution in [0.2, 0.25) is 0 Å². The highest BCUT2D eigenvalue weighted by Crippen LogP contribution is 2.34. The largest absolute Gasteiger partial charge is 0.325 e. The van der Waals surface area contributed by atoms with Crippen molar-refractivity contribution in [1.29, 1.82) is 0 Å². The average molecular weight is 350 g/mol. The van der Waals surface area contributed by atoms with Crippen LogP contribution in [0.15, 0.2) is 47.5 Å². The van der Waals surface area contributed by atoms with Crippen molar-refractivity contribution in [3.8, 4) is 0 Å². The molecule has 1 amide bonds. The first-order valence-corrected chi connectivity index (χ1v) is 8.75. The molecule has 0 unspecified atom stereocenters. The van der Waals surface area contributed by atoms with Crippen molar-refractivity contribution < 1.29 is 13.6 Å². The predicted molar refractivity (Wildman–Crippen MR) is 92.3 cm³/mol. The van der Waals surface area contributed by atoms with E-state index < -0.39 is 11.6 Å². The molecule has 0 atom stereocenters. The van der Waals surface area contributed by atoms with Gasteiger partial charge in [0.2, 0.25) is 5.91 Å². The zero-order chi connectivity index (χ0) is 16.2. The van der Waals surface area contributed by atoms with Crippen LogP contribution >= 0.6 is 23.5 Å². The van der Waals surface area contributed by atoms with E-state index in [-0.39, 0.29) is 17.3 Å². The number of benzene rings is 2. The number of rotatable bonds is 3. The van der Waals surface area contributed by atoms with Gasteiger partial charge >= 0.3 is 0 Å². The summed E-state index contributed by atoms with van der Waals surface area (Å²) in [6.45, 7) is 0. The van der Waals surface area contributed by atoms with E-state index in [1.54, 1.807) is 11.8 Å². The molecule has 2 aromatic rings. The molecule has 0 saturated heterocycles. The van der Waals surface area contributed by atoms with Gasteiger partial charge in [-0.15, -0.1) is 0 Å². The number of hydrogen-bond donors (Lipinski definition) is 1. The second-order valence-corrected chi connectivity index (χ2v) is 6.98. The highest BCUT2D eigenvalue weighted by Gasteiger charge is 2.14. The molecule has 118 valence electrons. The smallest absolute Gasteiger partial charge is 0.234 e. The second-order valence-electron chi connectivity index (χ2n) is 4.79. The number of fused-ring (bicyclic) bond motifs is 1. The van der Waals surface area contributed by atoms with Gasteiger partial charge in [0.1, 0.15) is 16.0 Å². The van der Waals surface area contributed by atoms with Crippen LogP contribution in [0.3, 0.4) is 0 Å². The Morgan fingerprint density at radius 2 is 1.96 bits per heavy atom. The third-order valence-electron chi connectivity index (χ3n) is 3.03. The fraction of sp³-hybridized carbons (Fsp3) is 0.125. The Morgan fingerprint density at radius 3 is 2.74 bits per heavy atom. The fourth-order valence-corrected chi connectivity index (χ4v) is 3.90. The summed E-state index contributed by atoms with van der Waals surface area (Å²) < 4.78 is 27.0. The first-order chi connectivity index (χ1) is 11.1. The molecule has 3 rings (SSSR count). The van der Waals surface area contributed by atoms with Crippen LogP contribution in [0, 0.1) is 11.6 Å². The molecule has 2 aromatic carbocycles. The third kappa shape index (κ3) is 4.33. The van der Waals surface area contributed by atoms with Crippen molar-refractivity contribution in [3.63, 3.8) is 0 Å². The van der Waals surface area contributed by atoms with Gasteiger partial charge in [-0.25, -0.2) is 13.8 Å². The maximum absolute atomic E-state index is 13.1. The molecule has 0 aromatic heterocycles. The minimum Gasteiger partial charge on any atom is -0.325 e. The Bertz CT molecular complexity index is 760. The molecule has 0 fully saturated rings. The van der Waals surface area contributed by atoms with Crippen LogP contribution < -0.4 is 5.32 Å². The van der Waals surface area contributed by atoms with Crippen LogP contribution in [0.1, 0.15) is 5.56 Å². The average Bonchev–Trinajstić information content (AvgIpc) is 2.52. The lowest BCUT2D eigenvalue weighted by Gasteiger charge is -2.14. The van der Waals surface area contributed by atoms with Gasteiger partial charge in [-0.05, 0) is 23.8 Å². The molecule has 0 bridgehead atoms. The number of amides is 1. The minimum atomic E-state index is -0.725. The van der Waals surface area contributed by atoms with E-state index in [1.807, 2.05) is 24.3 Å². The predicted octanol–water partition coefficient (Wildman–Crippen LogP) is 4.57. The molecule has 0 spiro atoms. The summed E-state index contributed by atoms with van der Waals surface area (Å²) >= 11 is 2.88. The Balaban J connectivity index is 1.58. The van der Waals surface area contributed by atoms with Crippen LogP contribution in [0.5, 0.6) is 0 Å². The van der Waals surface area contributed by atoms with E-state index in [9.17, 15) is 13.6 Å². The van der Waals surface area contributed by atoms with Gasteiger partial charge in [0.05, 0.1) is 11.4 Å². The van der Waals surface area contributed by atoms with Crippen molar-refractivity contribution >= 4 is 45.2 Å². The third-order valence-corrected chi connectivity index (χ3v) is 5.27. The number of nitrogens with one attached hydrogen (secondary N) is 1. The minimum absolute atomic E-state index is 0.108. The van der Waals surface area contributed by atoms with Crippen molar-refractivity contribution in [1.82, 2.24) is 0 Å². The summed E-state index contributed by atoms with van der Waals surface area (Å²) in [6, 6.07) is 10.8. The zero-order valence-corrected chi connectivity index (χ0v) is 13.5. The summed E-state index contributed by atoms with van der Waals surface area (Å²) in [5.74, 6) is -0.832. The normalized spacial score (nSPS) is 13.2. The fourth-order valence-electron chi connectivity index (χ4n) is 2.04. The lowest BCUT2D eigenvalue weighted by Crippen LogP contribution is -2.15. The van der Waals surface area contributed by atoms with Gasteiger partial charge in [0.25, 0.3) is 0 Å². The number of aliphatic imine (C=N–C) groups is 1. The topological polar surface area (TPSA) is 41.5 Å². The SMILES string of the molecule is O=C(CSC1=Nc2ccccc2CS1)Nc1cc(F)cc(F)c1. The van der Waals surface area contributed by atoms with Gasteiger partial charge in [-0.3, -0.25) is 4.79 Å². The van der Waals surface area contributed by atoms with Crippen LogP contribution in [0.25, 0.3) is 0 Å². The van der Waals surface area contributed by atoms with Crippen molar-refractivity contribution in [2.24, 2.45) is 4.99 Å². The molecule has 1 aliphatic rings. The first kappa shape index (κ1) is 16.0. The highest BCUT2D eigenvalue weighted by molar-refractivity contribution is 8.38. The summed E-state index contributed by atoms with van der Waals surface area (Å²) in [7, 11) is 0. The Labute approximate surface area is 140 Å². The molecule has 1 N–H and O–H groups in total. The molecule has 3 nitrogen and oxygen atoms in total. The van der Waals surface area contributed by atoms with E-state index in [1.165, 1.54) is 17.3 Å². The first-order valence-electron chi connectivity index (χ1n) is 6.78. The summed E-state index contributed by atoms with van der Waals surface area (Å²) in [5, 5.41) is 2.48. The Hall–Kier alpha value is -1.86. The molecule has 1 heterocycles. The van der Waals surface area contributed by atoms with E-state index in [2.05, 4.69) is 10.3 Å². The maximum atomic E-state index is 13.1. The van der Waals surface area contributed by atoms with Crippen molar-refractivity contribution in [2.75, 3.05) is 11.1 Å². The van der Waals surface area contributed by atoms with Crippen molar-refractivity contribution in [2.45, 2.75) is 5.75 Å². The van der Waals surface area contributed by atoms with Crippen LogP contribution in [-0.4, -0.2) is 16.0 Å². The van der Waals surface area contributed by atoms with Gasteiger partial charge in [-0.1, -0.05) is 41.7 Å². The van der Waals surface area contributed by atoms with E-state index in [0.29, 0.717) is 0 Å². The molecular formula is C16H12F2N2OS2. The van der Waals surface area contributed by atoms with Gasteiger partial charge in [0, 0.05) is 17.5 Å². The summed E-state index contributed by atoms with van der Waals surface area (Å²) in [6.07, 6.45) is 0. The zero-order valence-electron chi connectivity index (χ0n) is 11.9. The van der Waals surface area contributed by atoms with Crippen molar-refractivity contribution in [3.05, 3.63) is 59.7 Å². The number of para-hydroxylation sites is 1. The molecule has 1 aliphatic heterocycles. The number of hydrogen-bond acceptors (Lipinski definition) is 4. The number of thioether (sulfide) groups is 2. The standard InChI is InChI=1S/C16H12F2N2OS2/c17-11-5-12(18)7-13(6-11)19-15(21)9-23-16-20-14-4-2-1-3-10(14)8-22-16/h1-7H,8-9H2,(H,19,21). The molecular weight excluding hydrogens is 338 g/mol. The second kappa shape index (κ2) is 7.14. The number of carbonyl (C=O) groups is 1. The summed E-state index contributed by atoms with van der Waals surface area (Å²) in [4.78, 5) is 16.4. The molecule has 23 heavy (non-hydrogen) atoms. The lowest BCUT2D eigenvalue weighted by molar-refractivity contribution is -0.113. The molecule has 0 saturated carbocycles. The Morgan fingerprint density at radius 1 is 1.22 bits per heavy atom. The molecule has 7 heteroatoms. The monoisotopic (exact) mass is 350 g/mol. The number of carbonyl (C=O) groups excluding carboxylic acids is 1. The van der Waals surface area contributed by atoms with Gasteiger partial charge in [0.15, 0.2) is 0 Å². The lowest BCUT2D eigenvalue weighted by atomic mass is 10.2. The van der Waals surface area contributed by atoms with Crippen LogP contribution in [-0.2, 0) is 10.5 Å². The van der Waals surface area contributed by atoms with Gasteiger partial charge in [-0.2, -0.15) is 0 Å². The quantitative estimate of drug-likeness (QED) is 0.881. The van der Waals surface area contributed by atoms with Crippen LogP contribution in [0.4, 0.5) is 20.2 Å². The molecule has 0 radical (unpaired) electrons. The summed E-state index contributed by atoms with van der Waals surface area (Å²) in [5.41, 5.74) is 2.19. The van der Waals surface area contributed by atoms with E-state index in [4.69, 9.17) is 0 Å². The number of nitrogens with zero attached hydrogens (tertiary/aromatic N) is 1. The number of anilines is 1. The molecule has 0 aliphatic carbocycles. The number of halogens is 2. The highest BCUT2D eigenvalue weighted by atomic mass is 32.2.